The number of aliphatic imine (C=N–C) groups is 1. The molecule has 0 spiro atoms. The monoisotopic (exact) mass is 1940 g/mol. The molecule has 18 rings (SSSR count). The Balaban J connectivity index is 0.000000199. The van der Waals surface area contributed by atoms with E-state index in [-0.39, 0.29) is 98.2 Å². The number of hydrogen-bond acceptors (Lipinski definition) is 22. The number of fused-ring (bicyclic) bond motifs is 5. The molecule has 3 fully saturated rings. The quantitative estimate of drug-likeness (QED) is 0.0234. The maximum absolute atomic E-state index is 12.8. The molecule has 0 atom stereocenters. The number of anilines is 4. The zero-order valence-electron chi connectivity index (χ0n) is 74.8. The second-order valence-electron chi connectivity index (χ2n) is 30.0. The van der Waals surface area contributed by atoms with Gasteiger partial charge in [0.05, 0.1) is 58.3 Å². The Morgan fingerprint density at radius 1 is 0.440 bits per heavy atom. The van der Waals surface area contributed by atoms with Gasteiger partial charge in [0.25, 0.3) is 11.8 Å². The van der Waals surface area contributed by atoms with Crippen molar-refractivity contribution in [1.29, 1.82) is 0 Å². The van der Waals surface area contributed by atoms with E-state index in [1.54, 1.807) is 167 Å². The summed E-state index contributed by atoms with van der Waals surface area (Å²) in [7, 11) is 0. The number of halogens is 5. The number of ether oxygens (including phenoxy) is 4. The van der Waals surface area contributed by atoms with Gasteiger partial charge < -0.3 is 85.5 Å². The molecule has 10 aromatic rings. The van der Waals surface area contributed by atoms with Crippen molar-refractivity contribution in [3.63, 3.8) is 0 Å². The van der Waals surface area contributed by atoms with E-state index in [2.05, 4.69) is 82.6 Å². The van der Waals surface area contributed by atoms with Gasteiger partial charge in [-0.25, -0.2) is 38.4 Å². The van der Waals surface area contributed by atoms with E-state index < -0.39 is 11.9 Å². The SMILES string of the molecule is C.C1CCOC1.CCOC(=O)c1n[nH]c2c1CN(C(=O)Nc1cccc(Cl)c1)CC2.CCOC(=O)c1n[nH]c2c1CNCC2.O=C(Nc1cccc(Cl)c1)N1CCc2[nH]nc(C(=O)N3CCCCC3)c2C1.O=C(Nc1cccc(Cl)c1)N1CCc2[nH]nc(C(=O)N3CCOCC3)c2C1.O=C(O)c1n[nH]c2c1CN(C(=O)Nc1cccc(Cl)c1)CC2.O=C=Nc1cccc(Cl)c1.[2H]CC.[Li+].[OH-]. The fourth-order valence-electron chi connectivity index (χ4n) is 14.7. The van der Waals surface area contributed by atoms with Crippen molar-refractivity contribution in [3.05, 3.63) is 231 Å². The van der Waals surface area contributed by atoms with Crippen LogP contribution in [-0.4, -0.2) is 249 Å². The summed E-state index contributed by atoms with van der Waals surface area (Å²) in [5, 5.41) is 61.0. The molecule has 134 heavy (non-hydrogen) atoms. The van der Waals surface area contributed by atoms with Crippen LogP contribution in [0, 0.1) is 0 Å². The van der Waals surface area contributed by atoms with E-state index in [0.717, 1.165) is 97.3 Å². The minimum absolute atomic E-state index is 0. The van der Waals surface area contributed by atoms with Gasteiger partial charge in [0, 0.05) is 216 Å². The molecule has 0 unspecified atom stereocenters. The van der Waals surface area contributed by atoms with Crippen LogP contribution in [-0.2, 0) is 88.6 Å². The fraction of sp³-hybridized carbons (Fsp3) is 0.389. The number of hydrogen-bond donors (Lipinski definition) is 11. The number of H-pyrrole nitrogens is 5. The van der Waals surface area contributed by atoms with Crippen LogP contribution < -0.4 is 45.4 Å². The van der Waals surface area contributed by atoms with Crippen molar-refractivity contribution in [2.75, 3.05) is 120 Å². The second-order valence-corrected chi connectivity index (χ2v) is 32.2. The van der Waals surface area contributed by atoms with Gasteiger partial charge in [-0.15, -0.1) is 0 Å². The predicted molar refractivity (Wildman–Crippen MR) is 501 cm³/mol. The smallest absolute Gasteiger partial charge is 0.870 e. The van der Waals surface area contributed by atoms with Crippen LogP contribution in [0.5, 0.6) is 0 Å². The number of benzene rings is 5. The number of carbonyl (C=O) groups excluding carboxylic acids is 9. The number of aromatic nitrogens is 10. The Labute approximate surface area is 812 Å². The summed E-state index contributed by atoms with van der Waals surface area (Å²) in [6, 6.07) is 33.6. The van der Waals surface area contributed by atoms with Crippen molar-refractivity contribution < 1.29 is 97.7 Å². The average molecular weight is 1940 g/mol. The van der Waals surface area contributed by atoms with Gasteiger partial charge in [0.15, 0.2) is 28.5 Å². The molecular formula is C90H108Cl5LiN22O16. The van der Waals surface area contributed by atoms with Gasteiger partial charge in [-0.3, -0.25) is 35.1 Å². The van der Waals surface area contributed by atoms with Crippen LogP contribution in [0.15, 0.2) is 126 Å². The maximum Gasteiger partial charge on any atom is 1.00 e. The number of aromatic carboxylic acids is 1. The number of carboxylic acids is 1. The molecular weight excluding hydrogens is 1830 g/mol. The number of piperidine rings is 1. The number of esters is 2. The van der Waals surface area contributed by atoms with Gasteiger partial charge in [0.1, 0.15) is 0 Å². The third-order valence-corrected chi connectivity index (χ3v) is 22.5. The molecule has 0 radical (unpaired) electrons. The van der Waals surface area contributed by atoms with E-state index in [4.69, 9.17) is 83.4 Å². The molecule has 3 saturated heterocycles. The summed E-state index contributed by atoms with van der Waals surface area (Å²) < 4.78 is 26.4. The van der Waals surface area contributed by atoms with Crippen LogP contribution in [0.2, 0.25) is 25.1 Å². The number of likely N-dealkylation sites (tertiary alicyclic amines) is 1. The van der Waals surface area contributed by atoms with E-state index >= 15 is 0 Å². The Kier molecular flexibility index (Phi) is 42.7. The Morgan fingerprint density at radius 2 is 0.761 bits per heavy atom. The van der Waals surface area contributed by atoms with Crippen LogP contribution in [0.3, 0.4) is 0 Å². The third kappa shape index (κ3) is 30.4. The zero-order valence-corrected chi connectivity index (χ0v) is 77.6. The first kappa shape index (κ1) is 106. The van der Waals surface area contributed by atoms with E-state index in [0.29, 0.717) is 200 Å². The molecule has 5 aromatic heterocycles. The summed E-state index contributed by atoms with van der Waals surface area (Å²) >= 11 is 29.3. The predicted octanol–water partition coefficient (Wildman–Crippen LogP) is 12.4. The van der Waals surface area contributed by atoms with E-state index in [1.807, 2.05) is 4.90 Å². The number of amides is 10. The molecule has 8 aliphatic heterocycles. The van der Waals surface area contributed by atoms with Crippen LogP contribution in [0.4, 0.5) is 47.6 Å². The average Bonchev–Trinajstić information content (AvgIpc) is 1.66. The molecule has 10 amide bonds. The number of nitrogens with one attached hydrogen (secondary N) is 10. The van der Waals surface area contributed by atoms with E-state index in [9.17, 15) is 47.9 Å². The molecule has 0 bridgehead atoms. The van der Waals surface area contributed by atoms with Gasteiger partial charge >= 0.3 is 60.9 Å². The molecule has 12 N–H and O–H groups in total. The number of nitrogens with zero attached hydrogens (tertiary/aromatic N) is 12. The van der Waals surface area contributed by atoms with Gasteiger partial charge in [-0.05, 0) is 137 Å². The first-order chi connectivity index (χ1) is 63.9. The van der Waals surface area contributed by atoms with Crippen LogP contribution >= 0.6 is 58.0 Å². The van der Waals surface area contributed by atoms with Crippen LogP contribution in [0.1, 0.15) is 177 Å². The van der Waals surface area contributed by atoms with E-state index in [1.165, 1.54) is 25.3 Å². The molecule has 710 valence electrons. The van der Waals surface area contributed by atoms with Crippen molar-refractivity contribution in [2.45, 2.75) is 132 Å². The number of morpholine rings is 1. The first-order valence-electron chi connectivity index (χ1n) is 43.3. The summed E-state index contributed by atoms with van der Waals surface area (Å²) in [5.41, 5.74) is 12.9. The van der Waals surface area contributed by atoms with Crippen LogP contribution in [0.25, 0.3) is 0 Å². The number of carboxylic acid groups (broad SMARTS) is 1. The van der Waals surface area contributed by atoms with Gasteiger partial charge in [-0.2, -0.15) is 30.5 Å². The molecule has 0 aliphatic carbocycles. The number of urea groups is 4. The first-order valence-corrected chi connectivity index (χ1v) is 44.5. The second kappa shape index (κ2) is 54.3. The van der Waals surface area contributed by atoms with Gasteiger partial charge in [0.2, 0.25) is 6.08 Å². The molecule has 5 aromatic carbocycles. The Morgan fingerprint density at radius 3 is 1.10 bits per heavy atom. The molecule has 38 nitrogen and oxygen atoms in total. The summed E-state index contributed by atoms with van der Waals surface area (Å²) in [6.45, 7) is 17.2. The Bertz CT molecular complexity index is 5530. The molecule has 44 heteroatoms. The summed E-state index contributed by atoms with van der Waals surface area (Å²) in [5.74, 6) is -2.08. The van der Waals surface area contributed by atoms with Crippen molar-refractivity contribution in [3.8, 4) is 0 Å². The Hall–Kier alpha value is -12.2. The number of aromatic amines is 5. The molecule has 13 heterocycles. The topological polar surface area (TPSA) is 493 Å². The summed E-state index contributed by atoms with van der Waals surface area (Å²) in [6.07, 6.45) is 10.5. The third-order valence-electron chi connectivity index (χ3n) is 21.3. The van der Waals surface area contributed by atoms with Gasteiger partial charge in [-0.1, -0.05) is 110 Å². The minimum Gasteiger partial charge on any atom is -0.870 e. The standard InChI is InChI=1S/C19H22ClN5O2.C18H20ClN5O3.C16H17ClN4O3.C14H13ClN4O3.C9H13N3O2.C7H4ClNO.C4H8O.C2H6.CH4.Li.H2O/c20-13-5-4-6-14(11-13)21-19(27)25-10-7-16-15(12-25)17(23-22-16)18(26)24-8-2-1-3-9-24;19-12-2-1-3-13(10-12)20-18(26)24-5-4-15-14(11-24)16(22-21-15)17(25)23-6-8-27-9-7-23;1-2-24-15(22)14-12-9-21(7-6-13(12)19-20-14)16(23)18-11-5-3-4-10(17)8-11;15-8-2-1-3-9(6-8)16-14(22)19-5-4-11-10(7-19)12(13(20)21)18-17-11;1-2-14-9(13)8-6-5-10-4-3-7(6)11-12-8;8-6-2-1-3-7(4-6)9-5-10;1-2-4-5-3-1;1-2;;;/h4-6,11H,1-3,7-10,12H2,(H,21,27)(H,22,23);1-3,10H,4-9,11H2,(H,20,26)(H,21,22);3-5,8H,2,6-7,9H2,1H3,(H,18,23)(H,19,20);1-3,6H,4-5,7H2,(H,16,22)(H,17,18)(H,20,21);10H,2-5H2,1H3,(H,11,12);1-4H;1-4H2;1-2H3;1H4;;1H2/q;;;;;;;;;+1;/p-1/i;;;;;;;1D;;;. The molecule has 8 aliphatic rings. The van der Waals surface area contributed by atoms with Crippen molar-refractivity contribution in [2.24, 2.45) is 4.99 Å². The largest absolute Gasteiger partial charge is 1.00 e. The zero-order chi connectivity index (χ0) is 94.0. The minimum atomic E-state index is -1.10. The number of isocyanates is 1. The fourth-order valence-corrected chi connectivity index (χ4v) is 15.7. The number of rotatable bonds is 12. The normalized spacial score (nSPS) is 14.6. The molecule has 0 saturated carbocycles. The number of carbonyl (C=O) groups is 9. The maximum atomic E-state index is 12.8. The van der Waals surface area contributed by atoms with Crippen molar-refractivity contribution >= 4 is 146 Å². The summed E-state index contributed by atoms with van der Waals surface area (Å²) in [4.78, 5) is 133. The van der Waals surface area contributed by atoms with Crippen molar-refractivity contribution in [1.82, 2.24) is 85.7 Å².